The summed E-state index contributed by atoms with van der Waals surface area (Å²) < 4.78 is 2.59. The molecular formula is C18H20BrN5O. The molecule has 0 aliphatic carbocycles. The Kier molecular flexibility index (Phi) is 5.13. The Morgan fingerprint density at radius 3 is 2.84 bits per heavy atom. The molecule has 0 saturated heterocycles. The fourth-order valence-electron chi connectivity index (χ4n) is 2.90. The van der Waals surface area contributed by atoms with Crippen LogP contribution in [0.2, 0.25) is 0 Å². The van der Waals surface area contributed by atoms with E-state index >= 15 is 0 Å². The number of amides is 1. The highest BCUT2D eigenvalue weighted by molar-refractivity contribution is 9.10. The van der Waals surface area contributed by atoms with E-state index in [1.165, 1.54) is 0 Å². The Hall–Kier alpha value is -2.28. The van der Waals surface area contributed by atoms with Gasteiger partial charge in [-0.25, -0.2) is 9.67 Å². The third-order valence-corrected chi connectivity index (χ3v) is 4.96. The van der Waals surface area contributed by atoms with Crippen molar-refractivity contribution in [3.63, 3.8) is 0 Å². The van der Waals surface area contributed by atoms with Gasteiger partial charge in [0.2, 0.25) is 0 Å². The summed E-state index contributed by atoms with van der Waals surface area (Å²) in [7, 11) is 1.78. The molecule has 2 heterocycles. The summed E-state index contributed by atoms with van der Waals surface area (Å²) in [4.78, 5) is 19.3. The van der Waals surface area contributed by atoms with Crippen LogP contribution in [-0.4, -0.2) is 37.3 Å². The van der Waals surface area contributed by atoms with Gasteiger partial charge in [-0.3, -0.25) is 4.79 Å². The van der Waals surface area contributed by atoms with Crippen molar-refractivity contribution in [2.24, 2.45) is 7.05 Å². The van der Waals surface area contributed by atoms with Gasteiger partial charge in [0, 0.05) is 24.3 Å². The van der Waals surface area contributed by atoms with Crippen LogP contribution in [0, 0.1) is 0 Å². The van der Waals surface area contributed by atoms with Gasteiger partial charge in [-0.05, 0) is 31.0 Å². The molecule has 0 fully saturated rings. The normalized spacial score (nSPS) is 12.3. The first-order valence-corrected chi connectivity index (χ1v) is 9.03. The summed E-state index contributed by atoms with van der Waals surface area (Å²) in [6.45, 7) is 4.78. The number of benzene rings is 1. The van der Waals surface area contributed by atoms with Crippen molar-refractivity contribution in [3.8, 4) is 0 Å². The molecule has 0 unspecified atom stereocenters. The molecule has 1 atom stereocenters. The van der Waals surface area contributed by atoms with E-state index in [1.807, 2.05) is 36.1 Å². The highest BCUT2D eigenvalue weighted by atomic mass is 79.9. The van der Waals surface area contributed by atoms with Gasteiger partial charge in [0.1, 0.15) is 5.52 Å². The number of pyridine rings is 1. The monoisotopic (exact) mass is 401 g/mol. The lowest BCUT2D eigenvalue weighted by atomic mass is 10.1. The predicted molar refractivity (Wildman–Crippen MR) is 100 cm³/mol. The number of nitrogens with zero attached hydrogens (tertiary/aromatic N) is 5. The average molecular weight is 402 g/mol. The molecule has 0 saturated carbocycles. The first-order valence-electron chi connectivity index (χ1n) is 8.23. The number of halogens is 1. The van der Waals surface area contributed by atoms with Crippen molar-refractivity contribution in [1.82, 2.24) is 24.9 Å². The lowest BCUT2D eigenvalue weighted by Crippen LogP contribution is -2.34. The average Bonchev–Trinajstić information content (AvgIpc) is 2.99. The fraction of sp³-hybridized carbons (Fsp3) is 0.333. The largest absolute Gasteiger partial charge is 0.332 e. The van der Waals surface area contributed by atoms with Gasteiger partial charge in [0.25, 0.3) is 5.91 Å². The summed E-state index contributed by atoms with van der Waals surface area (Å²) in [6, 6.07) is 9.69. The van der Waals surface area contributed by atoms with Gasteiger partial charge < -0.3 is 4.90 Å². The molecule has 0 N–H and O–H groups in total. The molecule has 0 bridgehead atoms. The van der Waals surface area contributed by atoms with E-state index in [4.69, 9.17) is 0 Å². The molecule has 3 rings (SSSR count). The maximum Gasteiger partial charge on any atom is 0.256 e. The molecule has 25 heavy (non-hydrogen) atoms. The minimum atomic E-state index is -0.0550. The van der Waals surface area contributed by atoms with Crippen LogP contribution in [0.15, 0.2) is 41.0 Å². The molecule has 0 radical (unpaired) electrons. The quantitative estimate of drug-likeness (QED) is 0.652. The molecule has 1 amide bonds. The van der Waals surface area contributed by atoms with E-state index in [2.05, 4.69) is 38.1 Å². The van der Waals surface area contributed by atoms with Gasteiger partial charge in [0.15, 0.2) is 5.65 Å². The van der Waals surface area contributed by atoms with E-state index in [9.17, 15) is 4.79 Å². The zero-order chi connectivity index (χ0) is 18.0. The topological polar surface area (TPSA) is 63.9 Å². The summed E-state index contributed by atoms with van der Waals surface area (Å²) >= 11 is 3.59. The number of fused-ring (bicyclic) bond motifs is 1. The van der Waals surface area contributed by atoms with Crippen molar-refractivity contribution in [3.05, 3.63) is 52.1 Å². The summed E-state index contributed by atoms with van der Waals surface area (Å²) in [5.74, 6) is -0.0508. The van der Waals surface area contributed by atoms with E-state index in [1.54, 1.807) is 24.0 Å². The van der Waals surface area contributed by atoms with Crippen LogP contribution in [0.25, 0.3) is 11.2 Å². The Balaban J connectivity index is 1.95. The smallest absolute Gasteiger partial charge is 0.256 e. The number of rotatable bonds is 5. The van der Waals surface area contributed by atoms with Gasteiger partial charge in [-0.1, -0.05) is 46.3 Å². The van der Waals surface area contributed by atoms with E-state index in [0.29, 0.717) is 23.3 Å². The van der Waals surface area contributed by atoms with Crippen molar-refractivity contribution in [2.75, 3.05) is 6.54 Å². The molecule has 1 aromatic carbocycles. The van der Waals surface area contributed by atoms with Crippen LogP contribution in [0.3, 0.4) is 0 Å². The third-order valence-electron chi connectivity index (χ3n) is 4.24. The maximum atomic E-state index is 13.1. The van der Waals surface area contributed by atoms with Gasteiger partial charge in [-0.15, -0.1) is 5.10 Å². The van der Waals surface area contributed by atoms with Gasteiger partial charge in [0.05, 0.1) is 11.6 Å². The number of aromatic nitrogens is 4. The summed E-state index contributed by atoms with van der Waals surface area (Å²) in [5.41, 5.74) is 2.90. The molecule has 0 aliphatic rings. The van der Waals surface area contributed by atoms with Crippen molar-refractivity contribution in [2.45, 2.75) is 26.3 Å². The molecule has 2 aromatic heterocycles. The summed E-state index contributed by atoms with van der Waals surface area (Å²) in [6.07, 6.45) is 2.48. The third kappa shape index (κ3) is 3.42. The first kappa shape index (κ1) is 17.5. The number of hydrogen-bond donors (Lipinski definition) is 0. The van der Waals surface area contributed by atoms with Gasteiger partial charge >= 0.3 is 0 Å². The van der Waals surface area contributed by atoms with Crippen LogP contribution in [0.4, 0.5) is 0 Å². The molecular weight excluding hydrogens is 382 g/mol. The number of aryl methyl sites for hydroxylation is 1. The van der Waals surface area contributed by atoms with Crippen LogP contribution in [0.1, 0.15) is 42.2 Å². The van der Waals surface area contributed by atoms with Crippen molar-refractivity contribution in [1.29, 1.82) is 0 Å². The standard InChI is InChI=1S/C18H20BrN5O/c1-4-9-24(12(2)14-7-5-6-8-15(14)19)18(25)13-10-16-17(20-11-13)23(3)22-21-16/h5-8,10-12H,4,9H2,1-3H3/t12-/m1/s1. The molecule has 0 aliphatic heterocycles. The lowest BCUT2D eigenvalue weighted by Gasteiger charge is -2.30. The molecule has 0 spiro atoms. The zero-order valence-corrected chi connectivity index (χ0v) is 16.1. The number of carbonyl (C=O) groups is 1. The number of hydrogen-bond acceptors (Lipinski definition) is 4. The van der Waals surface area contributed by atoms with E-state index in [-0.39, 0.29) is 11.9 Å². The highest BCUT2D eigenvalue weighted by Crippen LogP contribution is 2.29. The van der Waals surface area contributed by atoms with Crippen molar-refractivity contribution >= 4 is 33.0 Å². The second-order valence-corrected chi connectivity index (χ2v) is 6.83. The van der Waals surface area contributed by atoms with Crippen LogP contribution >= 0.6 is 15.9 Å². The Morgan fingerprint density at radius 1 is 1.36 bits per heavy atom. The Bertz CT molecular complexity index is 907. The van der Waals surface area contributed by atoms with Crippen LogP contribution in [-0.2, 0) is 7.05 Å². The molecule has 7 heteroatoms. The van der Waals surface area contributed by atoms with Crippen LogP contribution in [0.5, 0.6) is 0 Å². The molecule has 6 nitrogen and oxygen atoms in total. The first-order chi connectivity index (χ1) is 12.0. The predicted octanol–water partition coefficient (Wildman–Crippen LogP) is 3.74. The van der Waals surface area contributed by atoms with Crippen molar-refractivity contribution < 1.29 is 4.79 Å². The van der Waals surface area contributed by atoms with E-state index in [0.717, 1.165) is 16.5 Å². The second kappa shape index (κ2) is 7.31. The SMILES string of the molecule is CCCN(C(=O)c1cnc2c(c1)nnn2C)[C@H](C)c1ccccc1Br. The highest BCUT2D eigenvalue weighted by Gasteiger charge is 2.24. The van der Waals surface area contributed by atoms with E-state index < -0.39 is 0 Å². The van der Waals surface area contributed by atoms with Gasteiger partial charge in [-0.2, -0.15) is 0 Å². The molecule has 130 valence electrons. The fourth-order valence-corrected chi connectivity index (χ4v) is 3.52. The number of carbonyl (C=O) groups excluding carboxylic acids is 1. The second-order valence-electron chi connectivity index (χ2n) is 5.98. The van der Waals surface area contributed by atoms with Crippen LogP contribution < -0.4 is 0 Å². The lowest BCUT2D eigenvalue weighted by molar-refractivity contribution is 0.0690. The maximum absolute atomic E-state index is 13.1. The minimum Gasteiger partial charge on any atom is -0.332 e. The Morgan fingerprint density at radius 2 is 2.12 bits per heavy atom. The zero-order valence-electron chi connectivity index (χ0n) is 14.5. The minimum absolute atomic E-state index is 0.0508. The molecule has 3 aromatic rings. The Labute approximate surface area is 155 Å². The summed E-state index contributed by atoms with van der Waals surface area (Å²) in [5, 5.41) is 8.00.